The predicted molar refractivity (Wildman–Crippen MR) is 48.4 cm³/mol. The molecular weight excluding hydrogens is 168 g/mol. The molecule has 0 saturated heterocycles. The molecule has 1 heterocycles. The minimum atomic E-state index is -0.545. The molecule has 4 N–H and O–H groups in total. The van der Waals surface area contributed by atoms with E-state index >= 15 is 0 Å². The Labute approximate surface area is 76.2 Å². The van der Waals surface area contributed by atoms with Crippen LogP contribution in [0.3, 0.4) is 0 Å². The third kappa shape index (κ3) is 3.16. The van der Waals surface area contributed by atoms with Crippen LogP contribution in [0, 0.1) is 0 Å². The number of hydrogen-bond acceptors (Lipinski definition) is 5. The maximum atomic E-state index is 10.1. The second-order valence-electron chi connectivity index (χ2n) is 2.67. The van der Waals surface area contributed by atoms with Crippen LogP contribution in [0.15, 0.2) is 12.3 Å². The Morgan fingerprint density at radius 3 is 3.00 bits per heavy atom. The van der Waals surface area contributed by atoms with Gasteiger partial charge < -0.3 is 11.5 Å². The summed E-state index contributed by atoms with van der Waals surface area (Å²) in [4.78, 5) is 17.8. The van der Waals surface area contributed by atoms with Crippen LogP contribution in [-0.4, -0.2) is 22.3 Å². The van der Waals surface area contributed by atoms with Gasteiger partial charge in [0, 0.05) is 11.9 Å². The van der Waals surface area contributed by atoms with Gasteiger partial charge in [0.2, 0.25) is 12.2 Å². The van der Waals surface area contributed by atoms with Crippen LogP contribution >= 0.6 is 0 Å². The monoisotopic (exact) mass is 179 g/mol. The van der Waals surface area contributed by atoms with Gasteiger partial charge in [0.25, 0.3) is 0 Å². The van der Waals surface area contributed by atoms with E-state index in [1.807, 2.05) is 0 Å². The van der Waals surface area contributed by atoms with E-state index in [9.17, 15) is 4.79 Å². The molecule has 13 heavy (non-hydrogen) atoms. The molecule has 0 aliphatic heterocycles. The molecule has 0 aliphatic carbocycles. The first-order valence-electron chi connectivity index (χ1n) is 3.93. The summed E-state index contributed by atoms with van der Waals surface area (Å²) in [7, 11) is 0. The van der Waals surface area contributed by atoms with Crippen molar-refractivity contribution in [3.63, 3.8) is 0 Å². The minimum absolute atomic E-state index is 0.237. The van der Waals surface area contributed by atoms with E-state index in [-0.39, 0.29) is 5.95 Å². The van der Waals surface area contributed by atoms with E-state index in [0.717, 1.165) is 5.69 Å². The molecule has 0 spiro atoms. The lowest BCUT2D eigenvalue weighted by Crippen LogP contribution is -2.22. The number of rotatable bonds is 4. The average molecular weight is 179 g/mol. The van der Waals surface area contributed by atoms with Crippen molar-refractivity contribution in [2.75, 3.05) is 5.73 Å². The first-order valence-corrected chi connectivity index (χ1v) is 3.93. The van der Waals surface area contributed by atoms with Crippen molar-refractivity contribution in [3.05, 3.63) is 18.0 Å². The van der Waals surface area contributed by atoms with Gasteiger partial charge in [0.05, 0.1) is 6.04 Å². The molecule has 1 radical (unpaired) electrons. The van der Waals surface area contributed by atoms with Crippen molar-refractivity contribution in [1.82, 2.24) is 9.97 Å². The van der Waals surface area contributed by atoms with Crippen LogP contribution in [0.25, 0.3) is 0 Å². The number of carbonyl (C=O) groups excluding carboxylic acids is 1. The lowest BCUT2D eigenvalue weighted by Gasteiger charge is -2.02. The van der Waals surface area contributed by atoms with E-state index in [4.69, 9.17) is 11.5 Å². The molecule has 1 atom stereocenters. The Kier molecular flexibility index (Phi) is 3.33. The topological polar surface area (TPSA) is 94.9 Å². The Bertz CT molecular complexity index is 289. The van der Waals surface area contributed by atoms with Gasteiger partial charge >= 0.3 is 0 Å². The molecule has 0 fully saturated rings. The molecule has 5 heteroatoms. The number of nitrogens with zero attached hydrogens (tertiary/aromatic N) is 2. The van der Waals surface area contributed by atoms with E-state index in [0.29, 0.717) is 12.8 Å². The molecule has 1 unspecified atom stereocenters. The Morgan fingerprint density at radius 1 is 1.62 bits per heavy atom. The lowest BCUT2D eigenvalue weighted by molar-refractivity contribution is 0.535. The molecule has 0 aromatic carbocycles. The molecular formula is C8H11N4O. The highest BCUT2D eigenvalue weighted by atomic mass is 16.1. The number of aryl methyl sites for hydroxylation is 1. The standard InChI is InChI=1S/C8H11N4O/c9-6(5-13)1-2-7-3-4-11-8(10)12-7/h3-4,6H,1-2,9H2,(H2,10,11,12). The number of hydrogen-bond donors (Lipinski definition) is 2. The second kappa shape index (κ2) is 4.51. The van der Waals surface area contributed by atoms with Gasteiger partial charge in [0.15, 0.2) is 0 Å². The Balaban J connectivity index is 2.49. The minimum Gasteiger partial charge on any atom is -0.368 e. The van der Waals surface area contributed by atoms with E-state index < -0.39 is 6.04 Å². The van der Waals surface area contributed by atoms with E-state index in [2.05, 4.69) is 9.97 Å². The van der Waals surface area contributed by atoms with Gasteiger partial charge in [-0.2, -0.15) is 0 Å². The molecule has 1 aromatic heterocycles. The molecule has 0 aliphatic rings. The van der Waals surface area contributed by atoms with Crippen molar-refractivity contribution >= 4 is 12.2 Å². The molecule has 1 aromatic rings. The van der Waals surface area contributed by atoms with Crippen molar-refractivity contribution in [3.8, 4) is 0 Å². The fraction of sp³-hybridized carbons (Fsp3) is 0.375. The average Bonchev–Trinajstić information content (AvgIpc) is 2.14. The van der Waals surface area contributed by atoms with Gasteiger partial charge in [-0.1, -0.05) is 0 Å². The van der Waals surface area contributed by atoms with Crippen LogP contribution in [-0.2, 0) is 11.2 Å². The number of nitrogens with two attached hydrogens (primary N) is 2. The molecule has 1 rings (SSSR count). The lowest BCUT2D eigenvalue weighted by atomic mass is 10.1. The summed E-state index contributed by atoms with van der Waals surface area (Å²) in [6, 6.07) is 1.20. The van der Waals surface area contributed by atoms with Gasteiger partial charge in [-0.3, -0.25) is 4.79 Å². The fourth-order valence-corrected chi connectivity index (χ4v) is 0.914. The summed E-state index contributed by atoms with van der Waals surface area (Å²) in [6.45, 7) is 0. The highest BCUT2D eigenvalue weighted by Gasteiger charge is 2.02. The van der Waals surface area contributed by atoms with Gasteiger partial charge in [-0.25, -0.2) is 9.97 Å². The summed E-state index contributed by atoms with van der Waals surface area (Å²) in [5.74, 6) is 0.237. The van der Waals surface area contributed by atoms with Crippen LogP contribution in [0.5, 0.6) is 0 Å². The van der Waals surface area contributed by atoms with Crippen LogP contribution < -0.4 is 11.5 Å². The zero-order chi connectivity index (χ0) is 9.68. The van der Waals surface area contributed by atoms with Crippen molar-refractivity contribution in [2.24, 2.45) is 5.73 Å². The SMILES string of the molecule is Nc1nccc(CCC(N)[C]=O)n1. The van der Waals surface area contributed by atoms with Crippen LogP contribution in [0.1, 0.15) is 12.1 Å². The molecule has 0 bridgehead atoms. The molecule has 0 saturated carbocycles. The van der Waals surface area contributed by atoms with E-state index in [1.165, 1.54) is 0 Å². The van der Waals surface area contributed by atoms with Crippen molar-refractivity contribution in [2.45, 2.75) is 18.9 Å². The second-order valence-corrected chi connectivity index (χ2v) is 2.67. The predicted octanol–water partition coefficient (Wildman–Crippen LogP) is -0.572. The third-order valence-corrected chi connectivity index (χ3v) is 1.59. The zero-order valence-electron chi connectivity index (χ0n) is 7.10. The molecule has 0 amide bonds. The van der Waals surface area contributed by atoms with Crippen molar-refractivity contribution < 1.29 is 4.79 Å². The van der Waals surface area contributed by atoms with Crippen LogP contribution in [0.4, 0.5) is 5.95 Å². The first-order chi connectivity index (χ1) is 6.22. The Morgan fingerprint density at radius 2 is 2.38 bits per heavy atom. The highest BCUT2D eigenvalue weighted by molar-refractivity contribution is 5.57. The van der Waals surface area contributed by atoms with Gasteiger partial charge in [-0.15, -0.1) is 0 Å². The number of anilines is 1. The largest absolute Gasteiger partial charge is 0.368 e. The first kappa shape index (κ1) is 9.60. The third-order valence-electron chi connectivity index (χ3n) is 1.59. The van der Waals surface area contributed by atoms with Crippen molar-refractivity contribution in [1.29, 1.82) is 0 Å². The summed E-state index contributed by atoms with van der Waals surface area (Å²) >= 11 is 0. The summed E-state index contributed by atoms with van der Waals surface area (Å²) in [6.07, 6.45) is 4.42. The van der Waals surface area contributed by atoms with Gasteiger partial charge in [0.1, 0.15) is 0 Å². The maximum absolute atomic E-state index is 10.1. The molecule has 69 valence electrons. The van der Waals surface area contributed by atoms with Gasteiger partial charge in [-0.05, 0) is 18.9 Å². The normalized spacial score (nSPS) is 12.4. The quantitative estimate of drug-likeness (QED) is 0.645. The number of nitrogen functional groups attached to an aromatic ring is 1. The summed E-state index contributed by atoms with van der Waals surface area (Å²) < 4.78 is 0. The maximum Gasteiger partial charge on any atom is 0.220 e. The zero-order valence-corrected chi connectivity index (χ0v) is 7.10. The Hall–Kier alpha value is -1.49. The highest BCUT2D eigenvalue weighted by Crippen LogP contribution is 2.01. The van der Waals surface area contributed by atoms with Crippen LogP contribution in [0.2, 0.25) is 0 Å². The smallest absolute Gasteiger partial charge is 0.220 e. The summed E-state index contributed by atoms with van der Waals surface area (Å²) in [5, 5.41) is 0. The van der Waals surface area contributed by atoms with E-state index in [1.54, 1.807) is 18.5 Å². The number of aromatic nitrogens is 2. The molecule has 5 nitrogen and oxygen atoms in total. The fourth-order valence-electron chi connectivity index (χ4n) is 0.914. The summed E-state index contributed by atoms with van der Waals surface area (Å²) in [5.41, 5.74) is 11.5.